The number of para-hydroxylation sites is 3. The van der Waals surface area contributed by atoms with Crippen LogP contribution in [-0.2, 0) is 11.2 Å². The average Bonchev–Trinajstić information content (AvgIpc) is 2.74. The van der Waals surface area contributed by atoms with Crippen molar-refractivity contribution in [3.05, 3.63) is 54.1 Å². The van der Waals surface area contributed by atoms with Crippen molar-refractivity contribution in [3.8, 4) is 5.75 Å². The van der Waals surface area contributed by atoms with Crippen LogP contribution < -0.4 is 14.5 Å². The fourth-order valence-corrected chi connectivity index (χ4v) is 4.21. The van der Waals surface area contributed by atoms with E-state index in [9.17, 15) is 4.79 Å². The monoisotopic (exact) mass is 379 g/mol. The lowest BCUT2D eigenvalue weighted by Crippen LogP contribution is -2.50. The molecule has 0 aliphatic carbocycles. The van der Waals surface area contributed by atoms with Crippen LogP contribution in [0.25, 0.3) is 0 Å². The van der Waals surface area contributed by atoms with Crippen LogP contribution in [0, 0.1) is 0 Å². The first-order valence-electron chi connectivity index (χ1n) is 10.3. The van der Waals surface area contributed by atoms with Crippen LogP contribution in [0.5, 0.6) is 5.75 Å². The van der Waals surface area contributed by atoms with Crippen LogP contribution in [0.3, 0.4) is 0 Å². The number of aryl methyl sites for hydroxylation is 1. The third-order valence-electron chi connectivity index (χ3n) is 5.65. The van der Waals surface area contributed by atoms with Crippen molar-refractivity contribution in [2.75, 3.05) is 55.7 Å². The Kier molecular flexibility index (Phi) is 5.81. The predicted octanol–water partition coefficient (Wildman–Crippen LogP) is 3.19. The third-order valence-corrected chi connectivity index (χ3v) is 5.65. The minimum atomic E-state index is 0.218. The Bertz CT molecular complexity index is 815. The van der Waals surface area contributed by atoms with E-state index in [-0.39, 0.29) is 5.91 Å². The number of rotatable bonds is 5. The molecule has 4 rings (SSSR count). The Morgan fingerprint density at radius 2 is 1.64 bits per heavy atom. The molecule has 0 atom stereocenters. The summed E-state index contributed by atoms with van der Waals surface area (Å²) in [5, 5.41) is 0. The summed E-state index contributed by atoms with van der Waals surface area (Å²) in [6.07, 6.45) is 2.11. The zero-order valence-corrected chi connectivity index (χ0v) is 16.6. The van der Waals surface area contributed by atoms with Gasteiger partial charge in [-0.05, 0) is 43.5 Å². The summed E-state index contributed by atoms with van der Waals surface area (Å²) in [6.45, 7) is 7.61. The smallest absolute Gasteiger partial charge is 0.241 e. The molecule has 2 aromatic carbocycles. The molecule has 5 nitrogen and oxygen atoms in total. The van der Waals surface area contributed by atoms with Gasteiger partial charge in [-0.3, -0.25) is 9.69 Å². The minimum absolute atomic E-state index is 0.218. The van der Waals surface area contributed by atoms with Crippen LogP contribution in [0.15, 0.2) is 48.5 Å². The first-order chi connectivity index (χ1) is 13.8. The summed E-state index contributed by atoms with van der Waals surface area (Å²) < 4.78 is 5.78. The third kappa shape index (κ3) is 3.99. The SMILES string of the molecule is CCOc1ccccc1N1CCN(CC(=O)N2CCCc3ccccc32)CC1. The summed E-state index contributed by atoms with van der Waals surface area (Å²) in [7, 11) is 0. The fraction of sp³-hybridized carbons (Fsp3) is 0.435. The van der Waals surface area contributed by atoms with E-state index in [1.807, 2.05) is 30.0 Å². The Morgan fingerprint density at radius 1 is 0.929 bits per heavy atom. The van der Waals surface area contributed by atoms with E-state index in [4.69, 9.17) is 4.74 Å². The van der Waals surface area contributed by atoms with Gasteiger partial charge in [0, 0.05) is 38.4 Å². The number of ether oxygens (including phenoxy) is 1. The molecule has 1 fully saturated rings. The highest BCUT2D eigenvalue weighted by Gasteiger charge is 2.26. The van der Waals surface area contributed by atoms with Gasteiger partial charge in [-0.25, -0.2) is 0 Å². The maximum atomic E-state index is 13.0. The zero-order valence-electron chi connectivity index (χ0n) is 16.6. The number of benzene rings is 2. The molecular formula is C23H29N3O2. The normalized spacial score (nSPS) is 17.3. The first kappa shape index (κ1) is 18.8. The van der Waals surface area contributed by atoms with Gasteiger partial charge >= 0.3 is 0 Å². The molecule has 2 aromatic rings. The average molecular weight is 380 g/mol. The maximum absolute atomic E-state index is 13.0. The Hall–Kier alpha value is -2.53. The number of anilines is 2. The van der Waals surface area contributed by atoms with E-state index >= 15 is 0 Å². The Labute approximate surface area is 167 Å². The Morgan fingerprint density at radius 3 is 2.43 bits per heavy atom. The van der Waals surface area contributed by atoms with E-state index in [0.717, 1.165) is 62.7 Å². The second-order valence-electron chi connectivity index (χ2n) is 7.44. The van der Waals surface area contributed by atoms with Crippen LogP contribution >= 0.6 is 0 Å². The van der Waals surface area contributed by atoms with Crippen molar-refractivity contribution < 1.29 is 9.53 Å². The van der Waals surface area contributed by atoms with Gasteiger partial charge in [-0.2, -0.15) is 0 Å². The van der Waals surface area contributed by atoms with Gasteiger partial charge in [0.25, 0.3) is 0 Å². The van der Waals surface area contributed by atoms with Gasteiger partial charge in [0.2, 0.25) is 5.91 Å². The van der Waals surface area contributed by atoms with Gasteiger partial charge in [0.05, 0.1) is 18.8 Å². The first-order valence-corrected chi connectivity index (χ1v) is 10.3. The molecule has 148 valence electrons. The number of hydrogen-bond acceptors (Lipinski definition) is 4. The number of carbonyl (C=O) groups is 1. The lowest BCUT2D eigenvalue weighted by molar-refractivity contribution is -0.119. The Balaban J connectivity index is 1.36. The van der Waals surface area contributed by atoms with Crippen molar-refractivity contribution in [1.82, 2.24) is 4.90 Å². The largest absolute Gasteiger partial charge is 0.492 e. The molecule has 0 saturated carbocycles. The molecule has 1 amide bonds. The quantitative estimate of drug-likeness (QED) is 0.799. The molecule has 5 heteroatoms. The summed E-state index contributed by atoms with van der Waals surface area (Å²) in [6, 6.07) is 16.5. The highest BCUT2D eigenvalue weighted by molar-refractivity contribution is 5.96. The molecule has 0 N–H and O–H groups in total. The predicted molar refractivity (Wildman–Crippen MR) is 113 cm³/mol. The topological polar surface area (TPSA) is 36.0 Å². The molecule has 1 saturated heterocycles. The number of nitrogens with zero attached hydrogens (tertiary/aromatic N) is 3. The number of piperazine rings is 1. The summed E-state index contributed by atoms with van der Waals surface area (Å²) in [5.41, 5.74) is 3.54. The van der Waals surface area contributed by atoms with Crippen molar-refractivity contribution in [2.24, 2.45) is 0 Å². The molecule has 2 aliphatic rings. The van der Waals surface area contributed by atoms with Gasteiger partial charge in [0.15, 0.2) is 0 Å². The zero-order chi connectivity index (χ0) is 19.3. The van der Waals surface area contributed by atoms with E-state index in [1.165, 1.54) is 5.56 Å². The van der Waals surface area contributed by atoms with E-state index in [1.54, 1.807) is 0 Å². The van der Waals surface area contributed by atoms with Gasteiger partial charge in [-0.1, -0.05) is 30.3 Å². The molecule has 2 aliphatic heterocycles. The highest BCUT2D eigenvalue weighted by atomic mass is 16.5. The number of carbonyl (C=O) groups excluding carboxylic acids is 1. The van der Waals surface area contributed by atoms with Gasteiger partial charge < -0.3 is 14.5 Å². The molecule has 28 heavy (non-hydrogen) atoms. The lowest BCUT2D eigenvalue weighted by atomic mass is 10.0. The van der Waals surface area contributed by atoms with Crippen LogP contribution in [0.2, 0.25) is 0 Å². The van der Waals surface area contributed by atoms with Crippen LogP contribution in [0.1, 0.15) is 18.9 Å². The number of hydrogen-bond donors (Lipinski definition) is 0. The molecule has 0 aromatic heterocycles. The molecule has 0 radical (unpaired) electrons. The second-order valence-corrected chi connectivity index (χ2v) is 7.44. The minimum Gasteiger partial charge on any atom is -0.492 e. The van der Waals surface area contributed by atoms with Crippen molar-refractivity contribution >= 4 is 17.3 Å². The highest BCUT2D eigenvalue weighted by Crippen LogP contribution is 2.29. The fourth-order valence-electron chi connectivity index (χ4n) is 4.21. The summed E-state index contributed by atoms with van der Waals surface area (Å²) >= 11 is 0. The molecule has 0 unspecified atom stereocenters. The van der Waals surface area contributed by atoms with Crippen molar-refractivity contribution in [3.63, 3.8) is 0 Å². The summed E-state index contributed by atoms with van der Waals surface area (Å²) in [5.74, 6) is 1.16. The molecule has 0 spiro atoms. The van der Waals surface area contributed by atoms with E-state index in [2.05, 4.69) is 40.1 Å². The van der Waals surface area contributed by atoms with E-state index < -0.39 is 0 Å². The number of fused-ring (bicyclic) bond motifs is 1. The molecular weight excluding hydrogens is 350 g/mol. The molecule has 2 heterocycles. The molecule has 0 bridgehead atoms. The lowest BCUT2D eigenvalue weighted by Gasteiger charge is -2.37. The van der Waals surface area contributed by atoms with Gasteiger partial charge in [0.1, 0.15) is 5.75 Å². The van der Waals surface area contributed by atoms with Crippen molar-refractivity contribution in [1.29, 1.82) is 0 Å². The standard InChI is InChI=1S/C23H29N3O2/c1-2-28-22-12-6-5-11-21(22)25-16-14-24(15-17-25)18-23(27)26-13-7-9-19-8-3-4-10-20(19)26/h3-6,8,10-12H,2,7,9,13-18H2,1H3. The summed E-state index contributed by atoms with van der Waals surface area (Å²) in [4.78, 5) is 19.6. The van der Waals surface area contributed by atoms with Gasteiger partial charge in [-0.15, -0.1) is 0 Å². The second kappa shape index (κ2) is 8.65. The van der Waals surface area contributed by atoms with Crippen LogP contribution in [0.4, 0.5) is 11.4 Å². The van der Waals surface area contributed by atoms with E-state index in [0.29, 0.717) is 13.2 Å². The maximum Gasteiger partial charge on any atom is 0.241 e. The van der Waals surface area contributed by atoms with Crippen LogP contribution in [-0.4, -0.2) is 56.7 Å². The van der Waals surface area contributed by atoms with Crippen molar-refractivity contribution in [2.45, 2.75) is 19.8 Å². The number of amides is 1.